The quantitative estimate of drug-likeness (QED) is 0.370. The first-order valence-electron chi connectivity index (χ1n) is 7.51. The first kappa shape index (κ1) is 21.5. The minimum atomic E-state index is 0.530. The summed E-state index contributed by atoms with van der Waals surface area (Å²) in [4.78, 5) is 0. The summed E-state index contributed by atoms with van der Waals surface area (Å²) in [5.41, 5.74) is 0. The third-order valence-corrected chi connectivity index (χ3v) is 4.93. The van der Waals surface area contributed by atoms with E-state index in [1.54, 1.807) is 23.5 Å². The molecule has 0 saturated carbocycles. The topological polar surface area (TPSA) is 18.5 Å². The van der Waals surface area contributed by atoms with E-state index < -0.39 is 0 Å². The highest BCUT2D eigenvalue weighted by Gasteiger charge is 2.03. The molecule has 0 spiro atoms. The number of hydrogen-bond donors (Lipinski definition) is 0. The van der Waals surface area contributed by atoms with Crippen LogP contribution in [0.1, 0.15) is 47.0 Å². The third kappa shape index (κ3) is 16.7. The molecule has 0 unspecified atom stereocenters. The van der Waals surface area contributed by atoms with Crippen molar-refractivity contribution in [3.05, 3.63) is 0 Å². The Bertz CT molecular complexity index is 265. The molecule has 0 aromatic heterocycles. The molecule has 124 valence electrons. The largest absolute Gasteiger partial charge is 0.478 e. The lowest BCUT2D eigenvalue weighted by Crippen LogP contribution is -2.06. The van der Waals surface area contributed by atoms with Crippen LogP contribution in [0.25, 0.3) is 0 Å². The zero-order chi connectivity index (χ0) is 16.1. The van der Waals surface area contributed by atoms with Gasteiger partial charge < -0.3 is 9.47 Å². The number of unbranched alkanes of at least 4 members (excludes halogenated alkanes) is 2. The molecule has 0 amide bonds. The lowest BCUT2D eigenvalue weighted by Gasteiger charge is -2.09. The first-order chi connectivity index (χ1) is 9.91. The normalized spacial score (nSPS) is 11.0. The van der Waals surface area contributed by atoms with Crippen LogP contribution in [0, 0.1) is 11.8 Å². The molecule has 0 bridgehead atoms. The van der Waals surface area contributed by atoms with E-state index >= 15 is 0 Å². The summed E-state index contributed by atoms with van der Waals surface area (Å²) in [7, 11) is 0. The standard InChI is InChI=1S/C15H28O2S4/c1-12(2)10-16-14(18)20-8-6-5-7-9-21-15(19)17-11-13(3)4/h12-13H,5-11H2,1-4H3. The van der Waals surface area contributed by atoms with Crippen molar-refractivity contribution in [1.29, 1.82) is 0 Å². The van der Waals surface area contributed by atoms with E-state index in [9.17, 15) is 0 Å². The number of ether oxygens (including phenoxy) is 2. The van der Waals surface area contributed by atoms with Gasteiger partial charge in [-0.15, -0.1) is 0 Å². The van der Waals surface area contributed by atoms with Crippen molar-refractivity contribution in [2.24, 2.45) is 11.8 Å². The second-order valence-corrected chi connectivity index (χ2v) is 9.06. The average molecular weight is 369 g/mol. The van der Waals surface area contributed by atoms with Gasteiger partial charge in [0.2, 0.25) is 8.77 Å². The summed E-state index contributed by atoms with van der Waals surface area (Å²) < 4.78 is 12.3. The zero-order valence-corrected chi connectivity index (χ0v) is 16.8. The summed E-state index contributed by atoms with van der Waals surface area (Å²) in [6, 6.07) is 0. The molecule has 6 heteroatoms. The van der Waals surface area contributed by atoms with Crippen molar-refractivity contribution in [2.75, 3.05) is 24.7 Å². The number of hydrogen-bond acceptors (Lipinski definition) is 6. The molecule has 0 heterocycles. The molecule has 0 aromatic rings. The van der Waals surface area contributed by atoms with Crippen LogP contribution < -0.4 is 0 Å². The highest BCUT2D eigenvalue weighted by atomic mass is 32.2. The molecular weight excluding hydrogens is 340 g/mol. The van der Waals surface area contributed by atoms with Crippen molar-refractivity contribution >= 4 is 56.7 Å². The highest BCUT2D eigenvalue weighted by molar-refractivity contribution is 8.22. The molecule has 0 aliphatic carbocycles. The maximum absolute atomic E-state index is 5.47. The second kappa shape index (κ2) is 14.1. The van der Waals surface area contributed by atoms with Crippen molar-refractivity contribution in [2.45, 2.75) is 47.0 Å². The van der Waals surface area contributed by atoms with Crippen LogP contribution in [-0.2, 0) is 9.47 Å². The van der Waals surface area contributed by atoms with Crippen LogP contribution in [0.2, 0.25) is 0 Å². The number of thioether (sulfide) groups is 2. The minimum Gasteiger partial charge on any atom is -0.478 e. The van der Waals surface area contributed by atoms with Crippen LogP contribution in [-0.4, -0.2) is 33.5 Å². The van der Waals surface area contributed by atoms with E-state index in [2.05, 4.69) is 27.7 Å². The second-order valence-electron chi connectivity index (χ2n) is 5.67. The Labute approximate surface area is 149 Å². The van der Waals surface area contributed by atoms with E-state index in [-0.39, 0.29) is 0 Å². The van der Waals surface area contributed by atoms with Crippen molar-refractivity contribution in [3.8, 4) is 0 Å². The van der Waals surface area contributed by atoms with Crippen LogP contribution in [0.4, 0.5) is 0 Å². The average Bonchev–Trinajstić information content (AvgIpc) is 2.41. The van der Waals surface area contributed by atoms with Crippen LogP contribution in [0.5, 0.6) is 0 Å². The van der Waals surface area contributed by atoms with E-state index in [0.717, 1.165) is 37.6 Å². The van der Waals surface area contributed by atoms with Gasteiger partial charge in [0.15, 0.2) is 0 Å². The molecule has 21 heavy (non-hydrogen) atoms. The molecule has 0 saturated heterocycles. The van der Waals surface area contributed by atoms with Gasteiger partial charge in [-0.25, -0.2) is 0 Å². The molecular formula is C15H28O2S4. The Balaban J connectivity index is 3.32. The molecule has 0 N–H and O–H groups in total. The Morgan fingerprint density at radius 2 is 1.14 bits per heavy atom. The molecule has 0 fully saturated rings. The van der Waals surface area contributed by atoms with Gasteiger partial charge in [-0.05, 0) is 49.1 Å². The Kier molecular flexibility index (Phi) is 14.4. The summed E-state index contributed by atoms with van der Waals surface area (Å²) in [5.74, 6) is 3.14. The van der Waals surface area contributed by atoms with Gasteiger partial charge in [-0.2, -0.15) is 0 Å². The molecule has 0 rings (SSSR count). The molecule has 0 atom stereocenters. The van der Waals surface area contributed by atoms with Gasteiger partial charge in [0.25, 0.3) is 0 Å². The molecule has 0 radical (unpaired) electrons. The van der Waals surface area contributed by atoms with Gasteiger partial charge in [0.05, 0.1) is 13.2 Å². The third-order valence-electron chi connectivity index (χ3n) is 2.30. The Morgan fingerprint density at radius 1 is 0.762 bits per heavy atom. The van der Waals surface area contributed by atoms with E-state index in [4.69, 9.17) is 33.9 Å². The summed E-state index contributed by atoms with van der Waals surface area (Å²) in [6.07, 6.45) is 3.52. The minimum absolute atomic E-state index is 0.530. The highest BCUT2D eigenvalue weighted by Crippen LogP contribution is 2.14. The SMILES string of the molecule is CC(C)COC(=S)SCCCCCSC(=S)OCC(C)C. The predicted octanol–water partition coefficient (Wildman–Crippen LogP) is 5.54. The van der Waals surface area contributed by atoms with E-state index in [1.165, 1.54) is 6.42 Å². The summed E-state index contributed by atoms with van der Waals surface area (Å²) >= 11 is 13.6. The summed E-state index contributed by atoms with van der Waals surface area (Å²) in [5, 5.41) is 0. The molecule has 0 aliphatic rings. The smallest absolute Gasteiger partial charge is 0.219 e. The fourth-order valence-corrected chi connectivity index (χ4v) is 3.21. The van der Waals surface area contributed by atoms with Crippen LogP contribution in [0.15, 0.2) is 0 Å². The lowest BCUT2D eigenvalue weighted by molar-refractivity contribution is 0.273. The van der Waals surface area contributed by atoms with Crippen molar-refractivity contribution in [1.82, 2.24) is 0 Å². The monoisotopic (exact) mass is 368 g/mol. The summed E-state index contributed by atoms with van der Waals surface area (Å²) in [6.45, 7) is 9.94. The Morgan fingerprint density at radius 3 is 1.48 bits per heavy atom. The van der Waals surface area contributed by atoms with Crippen LogP contribution >= 0.6 is 48.0 Å². The van der Waals surface area contributed by atoms with Gasteiger partial charge in [0, 0.05) is 11.5 Å². The molecule has 2 nitrogen and oxygen atoms in total. The predicted molar refractivity (Wildman–Crippen MR) is 106 cm³/mol. The fraction of sp³-hybridized carbons (Fsp3) is 0.867. The van der Waals surface area contributed by atoms with Gasteiger partial charge in [0.1, 0.15) is 0 Å². The maximum atomic E-state index is 5.47. The Hall–Kier alpha value is 0.480. The van der Waals surface area contributed by atoms with Gasteiger partial charge in [-0.1, -0.05) is 57.6 Å². The number of rotatable bonds is 10. The molecule has 0 aromatic carbocycles. The maximum Gasteiger partial charge on any atom is 0.219 e. The van der Waals surface area contributed by atoms with Crippen LogP contribution in [0.3, 0.4) is 0 Å². The lowest BCUT2D eigenvalue weighted by atomic mass is 10.2. The fourth-order valence-electron chi connectivity index (χ4n) is 1.24. The van der Waals surface area contributed by atoms with E-state index in [1.807, 2.05) is 0 Å². The van der Waals surface area contributed by atoms with Gasteiger partial charge in [-0.3, -0.25) is 0 Å². The van der Waals surface area contributed by atoms with E-state index in [0.29, 0.717) is 20.6 Å². The first-order valence-corrected chi connectivity index (χ1v) is 10.3. The number of thiocarbonyl (C=S) groups is 2. The zero-order valence-electron chi connectivity index (χ0n) is 13.6. The van der Waals surface area contributed by atoms with Gasteiger partial charge >= 0.3 is 0 Å². The molecule has 0 aliphatic heterocycles. The van der Waals surface area contributed by atoms with Crippen molar-refractivity contribution in [3.63, 3.8) is 0 Å². The van der Waals surface area contributed by atoms with Crippen molar-refractivity contribution < 1.29 is 9.47 Å².